The van der Waals surface area contributed by atoms with Gasteiger partial charge in [-0.3, -0.25) is 14.5 Å². The van der Waals surface area contributed by atoms with Crippen molar-refractivity contribution >= 4 is 23.4 Å². The van der Waals surface area contributed by atoms with Gasteiger partial charge in [0.2, 0.25) is 0 Å². The summed E-state index contributed by atoms with van der Waals surface area (Å²) in [5, 5.41) is 5.83. The Balaban J connectivity index is 1.89. The predicted molar refractivity (Wildman–Crippen MR) is 98.1 cm³/mol. The van der Waals surface area contributed by atoms with E-state index in [1.54, 1.807) is 12.1 Å². The average Bonchev–Trinajstić information content (AvgIpc) is 2.99. The summed E-state index contributed by atoms with van der Waals surface area (Å²) in [4.78, 5) is 26.0. The van der Waals surface area contributed by atoms with E-state index in [0.29, 0.717) is 11.6 Å². The molecule has 0 aliphatic heterocycles. The van der Waals surface area contributed by atoms with E-state index in [4.69, 9.17) is 11.6 Å². The quantitative estimate of drug-likeness (QED) is 0.769. The van der Waals surface area contributed by atoms with Gasteiger partial charge < -0.3 is 15.2 Å². The van der Waals surface area contributed by atoms with Crippen molar-refractivity contribution in [1.82, 2.24) is 20.1 Å². The van der Waals surface area contributed by atoms with E-state index in [2.05, 4.69) is 10.6 Å². The highest BCUT2D eigenvalue weighted by Gasteiger charge is 2.20. The number of likely N-dealkylation sites (N-methyl/N-ethyl adjacent to an activating group) is 1. The number of hydrogen-bond acceptors (Lipinski definition) is 3. The third-order valence-corrected chi connectivity index (χ3v) is 4.38. The van der Waals surface area contributed by atoms with Crippen LogP contribution in [0.25, 0.3) is 0 Å². The average molecular weight is 363 g/mol. The van der Waals surface area contributed by atoms with Gasteiger partial charge in [-0.15, -0.1) is 0 Å². The van der Waals surface area contributed by atoms with Gasteiger partial charge in [0.1, 0.15) is 0 Å². The van der Waals surface area contributed by atoms with Crippen LogP contribution in [0.5, 0.6) is 0 Å². The maximum Gasteiger partial charge on any atom is 0.309 e. The Hall–Kier alpha value is -2.31. The summed E-state index contributed by atoms with van der Waals surface area (Å²) < 4.78 is 1.99. The number of hydrogen-bond donors (Lipinski definition) is 2. The number of aromatic nitrogens is 1. The summed E-state index contributed by atoms with van der Waals surface area (Å²) in [5.74, 6) is -1.34. The number of halogens is 1. The third kappa shape index (κ3) is 5.08. The molecule has 1 aromatic carbocycles. The van der Waals surface area contributed by atoms with Crippen LogP contribution < -0.4 is 10.6 Å². The molecule has 0 spiro atoms. The van der Waals surface area contributed by atoms with Crippen LogP contribution in [-0.2, 0) is 23.2 Å². The minimum atomic E-state index is -0.677. The number of benzene rings is 1. The minimum absolute atomic E-state index is 0.0275. The highest BCUT2D eigenvalue weighted by atomic mass is 35.5. The van der Waals surface area contributed by atoms with E-state index in [9.17, 15) is 9.59 Å². The molecule has 2 aromatic rings. The summed E-state index contributed by atoms with van der Waals surface area (Å²) in [6, 6.07) is 11.1. The molecule has 0 saturated heterocycles. The van der Waals surface area contributed by atoms with Crippen molar-refractivity contribution in [3.05, 3.63) is 58.9 Å². The molecule has 134 valence electrons. The van der Waals surface area contributed by atoms with Gasteiger partial charge in [0.15, 0.2) is 0 Å². The van der Waals surface area contributed by atoms with Gasteiger partial charge in [-0.1, -0.05) is 29.8 Å². The summed E-state index contributed by atoms with van der Waals surface area (Å²) >= 11 is 6.04. The van der Waals surface area contributed by atoms with Gasteiger partial charge in [0.05, 0.1) is 6.04 Å². The SMILES string of the molecule is CN(C)C(CNC(=O)C(=O)NCc1ccccc1Cl)c1cccn1C. The molecule has 2 amide bonds. The molecule has 0 bridgehead atoms. The first-order valence-electron chi connectivity index (χ1n) is 7.97. The number of rotatable bonds is 6. The van der Waals surface area contributed by atoms with Crippen molar-refractivity contribution in [3.63, 3.8) is 0 Å². The largest absolute Gasteiger partial charge is 0.353 e. The molecule has 0 saturated carbocycles. The Kier molecular flexibility index (Phi) is 6.61. The molecule has 0 radical (unpaired) electrons. The van der Waals surface area contributed by atoms with Crippen LogP contribution in [0.4, 0.5) is 0 Å². The molecule has 2 N–H and O–H groups in total. The first-order chi connectivity index (χ1) is 11.9. The Morgan fingerprint density at radius 1 is 1.12 bits per heavy atom. The van der Waals surface area contributed by atoms with Gasteiger partial charge in [0, 0.05) is 37.1 Å². The fourth-order valence-corrected chi connectivity index (χ4v) is 2.74. The Morgan fingerprint density at radius 3 is 2.40 bits per heavy atom. The molecule has 0 aliphatic carbocycles. The maximum atomic E-state index is 12.0. The molecule has 1 atom stereocenters. The second-order valence-corrected chi connectivity index (χ2v) is 6.41. The van der Waals surface area contributed by atoms with E-state index in [1.807, 2.05) is 61.1 Å². The van der Waals surface area contributed by atoms with Gasteiger partial charge in [0.25, 0.3) is 0 Å². The molecule has 6 nitrogen and oxygen atoms in total. The molecule has 1 unspecified atom stereocenters. The number of carbonyl (C=O) groups excluding carboxylic acids is 2. The minimum Gasteiger partial charge on any atom is -0.353 e. The Morgan fingerprint density at radius 2 is 1.80 bits per heavy atom. The zero-order chi connectivity index (χ0) is 18.4. The van der Waals surface area contributed by atoms with Crippen LogP contribution in [0.2, 0.25) is 5.02 Å². The molecule has 2 rings (SSSR count). The first-order valence-corrected chi connectivity index (χ1v) is 8.35. The van der Waals surface area contributed by atoms with Gasteiger partial charge in [-0.05, 0) is 37.9 Å². The molecule has 7 heteroatoms. The lowest BCUT2D eigenvalue weighted by Gasteiger charge is -2.25. The molecular weight excluding hydrogens is 340 g/mol. The summed E-state index contributed by atoms with van der Waals surface area (Å²) in [7, 11) is 5.81. The first kappa shape index (κ1) is 19.0. The molecule has 1 heterocycles. The Bertz CT molecular complexity index is 742. The number of aryl methyl sites for hydroxylation is 1. The highest BCUT2D eigenvalue weighted by molar-refractivity contribution is 6.35. The molecule has 0 aliphatic rings. The van der Waals surface area contributed by atoms with Crippen LogP contribution in [-0.4, -0.2) is 41.9 Å². The van der Waals surface area contributed by atoms with Crippen molar-refractivity contribution in [1.29, 1.82) is 0 Å². The van der Waals surface area contributed by atoms with Crippen molar-refractivity contribution in [2.45, 2.75) is 12.6 Å². The normalized spacial score (nSPS) is 12.0. The zero-order valence-corrected chi connectivity index (χ0v) is 15.4. The summed E-state index contributed by atoms with van der Waals surface area (Å²) in [5.41, 5.74) is 1.82. The van der Waals surface area contributed by atoms with Gasteiger partial charge in [-0.2, -0.15) is 0 Å². The number of nitrogens with one attached hydrogen (secondary N) is 2. The number of nitrogens with zero attached hydrogens (tertiary/aromatic N) is 2. The van der Waals surface area contributed by atoms with Crippen LogP contribution in [0.3, 0.4) is 0 Å². The van der Waals surface area contributed by atoms with E-state index in [-0.39, 0.29) is 12.6 Å². The topological polar surface area (TPSA) is 66.4 Å². The lowest BCUT2D eigenvalue weighted by Crippen LogP contribution is -2.43. The van der Waals surface area contributed by atoms with E-state index in [1.165, 1.54) is 0 Å². The van der Waals surface area contributed by atoms with Crippen molar-refractivity contribution in [3.8, 4) is 0 Å². The zero-order valence-electron chi connectivity index (χ0n) is 14.6. The number of carbonyl (C=O) groups is 2. The second-order valence-electron chi connectivity index (χ2n) is 6.01. The van der Waals surface area contributed by atoms with Crippen LogP contribution in [0, 0.1) is 0 Å². The summed E-state index contributed by atoms with van der Waals surface area (Å²) in [6.45, 7) is 0.546. The monoisotopic (exact) mass is 362 g/mol. The van der Waals surface area contributed by atoms with Crippen LogP contribution in [0.15, 0.2) is 42.6 Å². The van der Waals surface area contributed by atoms with Crippen molar-refractivity contribution in [2.24, 2.45) is 7.05 Å². The summed E-state index contributed by atoms with van der Waals surface area (Å²) in [6.07, 6.45) is 1.95. The van der Waals surface area contributed by atoms with Crippen LogP contribution >= 0.6 is 11.6 Å². The second kappa shape index (κ2) is 8.69. The van der Waals surface area contributed by atoms with E-state index < -0.39 is 11.8 Å². The van der Waals surface area contributed by atoms with E-state index >= 15 is 0 Å². The smallest absolute Gasteiger partial charge is 0.309 e. The molecule has 0 fully saturated rings. The standard InChI is InChI=1S/C18H23ClN4O2/c1-22(2)16(15-9-6-10-23(15)3)12-21-18(25)17(24)20-11-13-7-4-5-8-14(13)19/h4-10,16H,11-12H2,1-3H3,(H,20,24)(H,21,25). The Labute approximate surface area is 152 Å². The van der Waals surface area contributed by atoms with Crippen LogP contribution in [0.1, 0.15) is 17.3 Å². The van der Waals surface area contributed by atoms with Gasteiger partial charge in [-0.25, -0.2) is 0 Å². The lowest BCUT2D eigenvalue weighted by atomic mass is 10.2. The fraction of sp³-hybridized carbons (Fsp3) is 0.333. The highest BCUT2D eigenvalue weighted by Crippen LogP contribution is 2.17. The molecule has 1 aromatic heterocycles. The van der Waals surface area contributed by atoms with E-state index in [0.717, 1.165) is 11.3 Å². The predicted octanol–water partition coefficient (Wildman–Crippen LogP) is 1.71. The fourth-order valence-electron chi connectivity index (χ4n) is 2.54. The maximum absolute atomic E-state index is 12.0. The molecular formula is C18H23ClN4O2. The lowest BCUT2D eigenvalue weighted by molar-refractivity contribution is -0.139. The number of amides is 2. The van der Waals surface area contributed by atoms with Crippen molar-refractivity contribution < 1.29 is 9.59 Å². The van der Waals surface area contributed by atoms with Crippen molar-refractivity contribution in [2.75, 3.05) is 20.6 Å². The molecule has 25 heavy (non-hydrogen) atoms. The third-order valence-electron chi connectivity index (χ3n) is 4.01. The van der Waals surface area contributed by atoms with Gasteiger partial charge >= 0.3 is 11.8 Å².